The molecule has 0 saturated carbocycles. The Morgan fingerprint density at radius 2 is 0.672 bits per heavy atom. The number of nitrogens with two attached hydrogens (primary N) is 4. The molecule has 7 rings (SSSR count). The van der Waals surface area contributed by atoms with Crippen molar-refractivity contribution in [3.05, 3.63) is 0 Å². The highest BCUT2D eigenvalue weighted by Crippen LogP contribution is 2.38. The van der Waals surface area contributed by atoms with E-state index >= 15 is 0 Å². The monoisotopic (exact) mass is 3130 g/mol. The van der Waals surface area contributed by atoms with Crippen molar-refractivity contribution < 1.29 is 145 Å². The van der Waals surface area contributed by atoms with Crippen LogP contribution in [0.3, 0.4) is 0 Å². The second-order valence-electron chi connectivity index (χ2n) is 34.7. The van der Waals surface area contributed by atoms with Crippen molar-refractivity contribution in [2.45, 2.75) is 204 Å². The van der Waals surface area contributed by atoms with E-state index in [1.165, 1.54) is 14.7 Å². The molecular weight excluding hydrogens is 3010 g/mol. The first-order valence-corrected chi connectivity index (χ1v) is 64.0. The van der Waals surface area contributed by atoms with Crippen LogP contribution in [0.15, 0.2) is 0 Å². The summed E-state index contributed by atoms with van der Waals surface area (Å²) in [6, 6.07) is 0. The number of hydrogen-bond donors (Lipinski definition) is 7. The lowest BCUT2D eigenvalue weighted by Gasteiger charge is -2.38. The van der Waals surface area contributed by atoms with Gasteiger partial charge in [0.15, 0.2) is 22.0 Å². The summed E-state index contributed by atoms with van der Waals surface area (Å²) in [5, 5.41) is 14.4. The summed E-state index contributed by atoms with van der Waals surface area (Å²) in [6.45, 7) is 36.5. The summed E-state index contributed by atoms with van der Waals surface area (Å²) >= 11 is 60.9. The number of esters is 10. The fourth-order valence-corrected chi connectivity index (χ4v) is 20.5. The Morgan fingerprint density at radius 3 is 1.00 bits per heavy atom. The molecule has 11 N–H and O–H groups in total. The van der Waals surface area contributed by atoms with Crippen LogP contribution in [0.2, 0.25) is 0 Å². The molecule has 7 aliphatic rings. The van der Waals surface area contributed by atoms with Crippen molar-refractivity contribution >= 4 is 362 Å². The molecule has 0 radical (unpaired) electrons. The number of carbonyl (C=O) groups is 10. The van der Waals surface area contributed by atoms with E-state index in [0.29, 0.717) is 128 Å². The van der Waals surface area contributed by atoms with Crippen LogP contribution in [0.25, 0.3) is 0 Å². The first-order chi connectivity index (χ1) is 63.2. The van der Waals surface area contributed by atoms with Gasteiger partial charge in [-0.15, -0.1) is 0 Å². The number of halogens is 19. The number of unbranched alkanes of at least 4 members (excludes halogenated alkanes) is 1. The van der Waals surface area contributed by atoms with Gasteiger partial charge in [0, 0.05) is 131 Å². The highest BCUT2D eigenvalue weighted by molar-refractivity contribution is 9.40. The van der Waals surface area contributed by atoms with E-state index in [4.69, 9.17) is 61.6 Å². The Bertz CT molecular complexity index is 3260. The third-order valence-electron chi connectivity index (χ3n) is 23.2. The van der Waals surface area contributed by atoms with Crippen LogP contribution in [0, 0.1) is 35.5 Å². The van der Waals surface area contributed by atoms with Gasteiger partial charge in [0.25, 0.3) is 0 Å². The second-order valence-corrected chi connectivity index (χ2v) is 59.5. The Labute approximate surface area is 953 Å². The van der Waals surface area contributed by atoms with E-state index in [1.807, 2.05) is 13.8 Å². The lowest BCUT2D eigenvalue weighted by Crippen LogP contribution is -3.15. The zero-order chi connectivity index (χ0) is 101. The molecule has 0 aromatic carbocycles. The van der Waals surface area contributed by atoms with Crippen molar-refractivity contribution in [2.24, 2.45) is 35.5 Å². The van der Waals surface area contributed by atoms with Gasteiger partial charge in [-0.25, -0.2) is 14.4 Å². The number of quaternary nitrogens is 7. The molecule has 0 bridgehead atoms. The minimum absolute atomic E-state index is 0.0366. The van der Waals surface area contributed by atoms with Crippen LogP contribution in [-0.2, 0) is 110 Å². The molecule has 6 atom stereocenters. The molecule has 7 aliphatic heterocycles. The van der Waals surface area contributed by atoms with Crippen LogP contribution in [0.4, 0.5) is 0 Å². The van der Waals surface area contributed by atoms with Crippen LogP contribution in [0.1, 0.15) is 145 Å². The maximum Gasteiger partial charge on any atom is 0.345 e. The minimum atomic E-state index is -1.17. The molecular formula is C85H145Br19N7O23+7. The zero-order valence-corrected chi connectivity index (χ0v) is 108. The molecule has 7 fully saturated rings. The number of ether oxygens (including phenoxy) is 13. The average molecular weight is 3150 g/mol. The maximum atomic E-state index is 12.3. The second kappa shape index (κ2) is 76.9. The van der Waals surface area contributed by atoms with Gasteiger partial charge in [-0.3, -0.25) is 33.6 Å². The molecule has 0 spiro atoms. The topological polar surface area (TPSA) is 370 Å². The van der Waals surface area contributed by atoms with Gasteiger partial charge in [-0.2, -0.15) is 0 Å². The van der Waals surface area contributed by atoms with Crippen molar-refractivity contribution in [1.29, 1.82) is 0 Å². The number of hydrogen-bond acceptors (Lipinski definition) is 23. The van der Waals surface area contributed by atoms with Gasteiger partial charge >= 0.3 is 59.7 Å². The molecule has 0 aromatic rings. The molecule has 30 nitrogen and oxygen atoms in total. The Kier molecular flexibility index (Phi) is 77.7. The van der Waals surface area contributed by atoms with E-state index in [9.17, 15) is 47.9 Å². The van der Waals surface area contributed by atoms with Gasteiger partial charge in [0.2, 0.25) is 4.29 Å². The third kappa shape index (κ3) is 60.9. The normalized spacial score (nSPS) is 18.8. The van der Waals surface area contributed by atoms with Crippen molar-refractivity contribution in [3.63, 3.8) is 0 Å². The Hall–Kier alpha value is 3.42. The predicted molar refractivity (Wildman–Crippen MR) is 585 cm³/mol. The fourth-order valence-electron chi connectivity index (χ4n) is 14.9. The average Bonchev–Trinajstić information content (AvgIpc) is 0.825. The molecule has 0 aromatic heterocycles. The lowest BCUT2D eigenvalue weighted by molar-refractivity contribution is -0.910. The molecule has 49 heteroatoms. The molecule has 7 heterocycles. The largest absolute Gasteiger partial charge is 0.461 e. The summed E-state index contributed by atoms with van der Waals surface area (Å²) in [6.07, 6.45) is 12.4. The molecule has 7 saturated heterocycles. The number of morpholine rings is 3. The predicted octanol–water partition coefficient (Wildman–Crippen LogP) is 9.64. The quantitative estimate of drug-likeness (QED) is 0.0129. The van der Waals surface area contributed by atoms with Gasteiger partial charge in [0.05, 0.1) is 104 Å². The molecule has 0 aliphatic carbocycles. The van der Waals surface area contributed by atoms with E-state index in [2.05, 4.69) is 365 Å². The molecule has 6 unspecified atom stereocenters. The summed E-state index contributed by atoms with van der Waals surface area (Å²) in [5.74, 6) is -1.44. The number of nitrogens with one attached hydrogen (secondary N) is 3. The summed E-state index contributed by atoms with van der Waals surface area (Å²) in [5.41, 5.74) is -1.21. The lowest BCUT2D eigenvalue weighted by atomic mass is 9.80. The molecule has 0 amide bonds. The van der Waals surface area contributed by atoms with Crippen LogP contribution in [0.5, 0.6) is 0 Å². The standard InChI is InChI=1S/C15H23Br4NO5.C13H19Br4NO5.C13H24BrNO2.C12H22BrNO2.C11H13Br6NO5.C11H19Br2NO2.C10H18BrNO2/c16-5-11(6-17)14(21)24-10-13(9-20-1-3-23-4-2-20)25-15(22)12(7-18)8-19;14-5-10(16)12(19)22-8-9(23-13(20)11(17)6-15)7-18-1-3-21-4-2-18;1-13(2,11-6-9-15-10-7-11)17-12(16)5-3-4-8-14;1-12(2,10-5-8-14-9-6-10)16-11(15)4-3-7-13;12-10(13,14)8(19)22-6-7(23-9(20)11(15,16)17)5-18-1-3-21-4-2-18;1-3-11(2,16-10(15)9(12)13)8-4-6-14-7-5-8;1-10(2,14-9(13)7-11)8-3-5-12-6-4-8/h11-13H,1-10H2;9-11H,1-8H2;11,15H,3-10H2,1-2H3;10,14H,3-9H2,1-2H3;7H,1-6H2;8-9,14H,3-7H2,1-2H3;8,12H,3-7H2,1-2H3/p+7. The summed E-state index contributed by atoms with van der Waals surface area (Å²) in [4.78, 5) is 121. The Morgan fingerprint density at radius 1 is 0.358 bits per heavy atom. The fraction of sp³-hybridized carbons (Fsp3) is 0.882. The number of rotatable bonds is 43. The number of carbonyl (C=O) groups excluding carboxylic acids is 10. The van der Waals surface area contributed by atoms with E-state index in [1.54, 1.807) is 0 Å². The smallest absolute Gasteiger partial charge is 0.345 e. The Balaban J connectivity index is 0.000000789. The van der Waals surface area contributed by atoms with Crippen molar-refractivity contribution in [2.75, 3.05) is 219 Å². The highest BCUT2D eigenvalue weighted by atomic mass is 80.0. The molecule has 134 heavy (non-hydrogen) atoms. The summed E-state index contributed by atoms with van der Waals surface area (Å²) < 4.78 is 67.9. The van der Waals surface area contributed by atoms with Crippen molar-refractivity contribution in [1.82, 2.24) is 0 Å². The first kappa shape index (κ1) is 135. The minimum Gasteiger partial charge on any atom is -0.461 e. The molecule has 784 valence electrons. The zero-order valence-electron chi connectivity index (χ0n) is 78.0. The van der Waals surface area contributed by atoms with E-state index in [-0.39, 0.29) is 107 Å². The van der Waals surface area contributed by atoms with E-state index in [0.717, 1.165) is 179 Å². The van der Waals surface area contributed by atoms with Crippen LogP contribution < -0.4 is 36.0 Å². The van der Waals surface area contributed by atoms with Crippen molar-refractivity contribution in [3.8, 4) is 0 Å². The van der Waals surface area contributed by atoms with Gasteiger partial charge in [0.1, 0.15) is 116 Å². The van der Waals surface area contributed by atoms with Crippen LogP contribution >= 0.6 is 303 Å². The third-order valence-corrected chi connectivity index (χ3v) is 35.0. The number of piperidine rings is 4. The maximum absolute atomic E-state index is 12.3. The van der Waals surface area contributed by atoms with E-state index < -0.39 is 47.9 Å². The first-order valence-electron chi connectivity index (χ1n) is 45.4. The van der Waals surface area contributed by atoms with Gasteiger partial charge < -0.3 is 97.5 Å². The highest BCUT2D eigenvalue weighted by Gasteiger charge is 2.43. The summed E-state index contributed by atoms with van der Waals surface area (Å²) in [7, 11) is 0. The number of alkyl halides is 19. The van der Waals surface area contributed by atoms with Gasteiger partial charge in [-0.1, -0.05) is 214 Å². The van der Waals surface area contributed by atoms with Crippen LogP contribution in [-0.4, -0.2) is 337 Å². The SMILES string of the molecule is CC(C)(OC(=O)CBr)C1CC[NH2+]CC1.CC(C)(OC(=O)CCCBr)C1CC[NH2+]CC1.CC(C)(OC(=O)CCCCBr)C1CC[NH2+]CC1.CCC(C)(OC(=O)C(Br)Br)C1CC[NH2+]CC1.O=C(OCC(C[NH+]1CCOCC1)OC(=O)C(Br)(Br)Br)C(Br)(Br)Br.O=C(OCC(C[NH+]1CCOCC1)OC(=O)C(Br)CBr)C(Br)CBr.O=C(OCC(C[NH+]1CCOCC1)OC(=O)C(CBr)CBr)C(CBr)CBr. The van der Waals surface area contributed by atoms with Gasteiger partial charge in [-0.05, 0) is 170 Å².